The monoisotopic (exact) mass is 336 g/mol. The van der Waals surface area contributed by atoms with Crippen LogP contribution in [0.15, 0.2) is 63.2 Å². The molecule has 0 bridgehead atoms. The van der Waals surface area contributed by atoms with Crippen LogP contribution in [0.3, 0.4) is 0 Å². The number of thioether (sulfide) groups is 1. The van der Waals surface area contributed by atoms with Crippen LogP contribution in [-0.2, 0) is 14.6 Å². The molecule has 0 heterocycles. The van der Waals surface area contributed by atoms with Crippen molar-refractivity contribution in [1.29, 1.82) is 0 Å². The van der Waals surface area contributed by atoms with E-state index in [1.807, 2.05) is 6.26 Å². The number of nitrogens with one attached hydrogen (secondary N) is 1. The average molecular weight is 336 g/mol. The molecule has 0 radical (unpaired) electrons. The van der Waals surface area contributed by atoms with Gasteiger partial charge in [0.2, 0.25) is 15.7 Å². The fraction of sp³-hybridized carbons (Fsp3) is 0.133. The van der Waals surface area contributed by atoms with Gasteiger partial charge in [0.05, 0.1) is 16.3 Å². The van der Waals surface area contributed by atoms with Gasteiger partial charge in [-0.25, -0.2) is 8.42 Å². The largest absolute Gasteiger partial charge is 0.325 e. The Morgan fingerprint density at radius 3 is 2.00 bits per heavy atom. The van der Waals surface area contributed by atoms with E-state index in [9.17, 15) is 13.2 Å². The van der Waals surface area contributed by atoms with Gasteiger partial charge in [-0.1, -0.05) is 0 Å². The van der Waals surface area contributed by atoms with E-state index in [1.165, 1.54) is 24.3 Å². The predicted molar refractivity (Wildman–Crippen MR) is 87.8 cm³/mol. The smallest absolute Gasteiger partial charge is 0.238 e. The number of hydrogen-bond acceptors (Lipinski definition) is 5. The summed E-state index contributed by atoms with van der Waals surface area (Å²) in [6, 6.07) is 12.7. The van der Waals surface area contributed by atoms with Gasteiger partial charge in [0, 0.05) is 10.6 Å². The number of benzene rings is 2. The van der Waals surface area contributed by atoms with Gasteiger partial charge in [-0.2, -0.15) is 0 Å². The highest BCUT2D eigenvalue weighted by molar-refractivity contribution is 7.98. The molecule has 116 valence electrons. The Hall–Kier alpha value is -1.83. The predicted octanol–water partition coefficient (Wildman–Crippen LogP) is 2.14. The van der Waals surface area contributed by atoms with Gasteiger partial charge < -0.3 is 11.1 Å². The molecule has 5 nitrogen and oxygen atoms in total. The fourth-order valence-corrected chi connectivity index (χ4v) is 3.49. The summed E-state index contributed by atoms with van der Waals surface area (Å²) >= 11 is 1.55. The topological polar surface area (TPSA) is 89.3 Å². The van der Waals surface area contributed by atoms with E-state index in [1.54, 1.807) is 36.0 Å². The fourth-order valence-electron chi connectivity index (χ4n) is 1.82. The van der Waals surface area contributed by atoms with Gasteiger partial charge in [-0.3, -0.25) is 4.79 Å². The lowest BCUT2D eigenvalue weighted by Gasteiger charge is -2.07. The summed E-state index contributed by atoms with van der Waals surface area (Å²) in [5.74, 6) is -0.330. The van der Waals surface area contributed by atoms with Crippen LogP contribution in [0.5, 0.6) is 0 Å². The van der Waals surface area contributed by atoms with Crippen molar-refractivity contribution in [1.82, 2.24) is 0 Å². The molecule has 1 amide bonds. The van der Waals surface area contributed by atoms with Crippen molar-refractivity contribution in [3.8, 4) is 0 Å². The molecule has 0 saturated carbocycles. The van der Waals surface area contributed by atoms with Crippen LogP contribution in [0, 0.1) is 0 Å². The summed E-state index contributed by atoms with van der Waals surface area (Å²) in [5, 5.41) is 2.56. The van der Waals surface area contributed by atoms with Gasteiger partial charge in [0.15, 0.2) is 0 Å². The number of amides is 1. The van der Waals surface area contributed by atoms with E-state index >= 15 is 0 Å². The maximum absolute atomic E-state index is 12.5. The molecule has 0 unspecified atom stereocenters. The minimum atomic E-state index is -3.56. The Morgan fingerprint density at radius 1 is 1.05 bits per heavy atom. The molecule has 3 N–H and O–H groups in total. The van der Waals surface area contributed by atoms with Crippen molar-refractivity contribution in [3.05, 3.63) is 48.5 Å². The van der Waals surface area contributed by atoms with E-state index < -0.39 is 9.84 Å². The number of nitrogens with two attached hydrogens (primary N) is 1. The van der Waals surface area contributed by atoms with Gasteiger partial charge in [0.25, 0.3) is 0 Å². The quantitative estimate of drug-likeness (QED) is 0.817. The van der Waals surface area contributed by atoms with E-state index in [4.69, 9.17) is 5.73 Å². The SMILES string of the molecule is CSc1ccc(S(=O)(=O)c2ccc(NC(=O)CN)cc2)cc1. The Morgan fingerprint density at radius 2 is 1.55 bits per heavy atom. The Bertz CT molecular complexity index is 754. The molecule has 0 aliphatic carbocycles. The van der Waals surface area contributed by atoms with Crippen LogP contribution in [0.1, 0.15) is 0 Å². The van der Waals surface area contributed by atoms with Crippen molar-refractivity contribution in [2.24, 2.45) is 5.73 Å². The molecule has 0 aromatic heterocycles. The summed E-state index contributed by atoms with van der Waals surface area (Å²) in [6.45, 7) is -0.123. The average Bonchev–Trinajstić information content (AvgIpc) is 2.55. The highest BCUT2D eigenvalue weighted by Crippen LogP contribution is 2.24. The third-order valence-electron chi connectivity index (χ3n) is 3.00. The standard InChI is InChI=1S/C15H16N2O3S2/c1-21-12-4-8-14(9-5-12)22(19,20)13-6-2-11(3-7-13)17-15(18)10-16/h2-9H,10,16H2,1H3,(H,17,18). The zero-order valence-corrected chi connectivity index (χ0v) is 13.6. The first-order valence-electron chi connectivity index (χ1n) is 6.46. The maximum atomic E-state index is 12.5. The molecular formula is C15H16N2O3S2. The number of carbonyl (C=O) groups excluding carboxylic acids is 1. The molecule has 7 heteroatoms. The van der Waals surface area contributed by atoms with E-state index in [0.29, 0.717) is 5.69 Å². The first kappa shape index (κ1) is 16.5. The van der Waals surface area contributed by atoms with Gasteiger partial charge in [-0.05, 0) is 54.8 Å². The van der Waals surface area contributed by atoms with Crippen LogP contribution >= 0.6 is 11.8 Å². The highest BCUT2D eigenvalue weighted by atomic mass is 32.2. The first-order chi connectivity index (χ1) is 10.5. The van der Waals surface area contributed by atoms with Crippen LogP contribution in [0.25, 0.3) is 0 Å². The molecule has 0 saturated heterocycles. The lowest BCUT2D eigenvalue weighted by Crippen LogP contribution is -2.21. The molecular weight excluding hydrogens is 320 g/mol. The second-order valence-electron chi connectivity index (χ2n) is 4.46. The summed E-state index contributed by atoms with van der Waals surface area (Å²) in [4.78, 5) is 12.6. The minimum Gasteiger partial charge on any atom is -0.325 e. The molecule has 2 rings (SSSR count). The van der Waals surface area contributed by atoms with Crippen LogP contribution < -0.4 is 11.1 Å². The first-order valence-corrected chi connectivity index (χ1v) is 9.17. The van der Waals surface area contributed by atoms with Crippen molar-refractivity contribution >= 4 is 33.2 Å². The van der Waals surface area contributed by atoms with Gasteiger partial charge >= 0.3 is 0 Å². The second-order valence-corrected chi connectivity index (χ2v) is 7.28. The van der Waals surface area contributed by atoms with Crippen molar-refractivity contribution in [3.63, 3.8) is 0 Å². The summed E-state index contributed by atoms with van der Waals surface area (Å²) in [7, 11) is -3.56. The highest BCUT2D eigenvalue weighted by Gasteiger charge is 2.17. The van der Waals surface area contributed by atoms with E-state index in [2.05, 4.69) is 5.32 Å². The molecule has 0 aliphatic heterocycles. The Balaban J connectivity index is 2.27. The lowest BCUT2D eigenvalue weighted by molar-refractivity contribution is -0.114. The van der Waals surface area contributed by atoms with E-state index in [0.717, 1.165) is 4.90 Å². The van der Waals surface area contributed by atoms with Crippen LogP contribution in [0.4, 0.5) is 5.69 Å². The minimum absolute atomic E-state index is 0.123. The zero-order chi connectivity index (χ0) is 16.2. The molecule has 2 aromatic carbocycles. The van der Waals surface area contributed by atoms with Crippen molar-refractivity contribution in [2.75, 3.05) is 18.1 Å². The Labute approximate surface area is 133 Å². The number of rotatable bonds is 5. The molecule has 22 heavy (non-hydrogen) atoms. The summed E-state index contributed by atoms with van der Waals surface area (Å²) in [5.41, 5.74) is 5.72. The number of carbonyl (C=O) groups is 1. The molecule has 2 aromatic rings. The molecule has 0 spiro atoms. The lowest BCUT2D eigenvalue weighted by atomic mass is 10.3. The summed E-state index contributed by atoms with van der Waals surface area (Å²) in [6.07, 6.45) is 1.93. The third kappa shape index (κ3) is 3.68. The van der Waals surface area contributed by atoms with Gasteiger partial charge in [-0.15, -0.1) is 11.8 Å². The molecule has 0 atom stereocenters. The molecule has 0 aliphatic rings. The van der Waals surface area contributed by atoms with E-state index in [-0.39, 0.29) is 22.2 Å². The second kappa shape index (κ2) is 6.95. The number of anilines is 1. The summed E-state index contributed by atoms with van der Waals surface area (Å²) < 4.78 is 25.0. The van der Waals surface area contributed by atoms with Crippen molar-refractivity contribution in [2.45, 2.75) is 14.7 Å². The zero-order valence-electron chi connectivity index (χ0n) is 11.9. The number of hydrogen-bond donors (Lipinski definition) is 2. The van der Waals surface area contributed by atoms with Gasteiger partial charge in [0.1, 0.15) is 0 Å². The third-order valence-corrected chi connectivity index (χ3v) is 5.53. The molecule has 0 fully saturated rings. The number of sulfone groups is 1. The van der Waals surface area contributed by atoms with Crippen LogP contribution in [0.2, 0.25) is 0 Å². The Kier molecular flexibility index (Phi) is 5.23. The maximum Gasteiger partial charge on any atom is 0.238 e. The van der Waals surface area contributed by atoms with Crippen LogP contribution in [-0.4, -0.2) is 27.1 Å². The normalized spacial score (nSPS) is 11.2. The van der Waals surface area contributed by atoms with Crippen molar-refractivity contribution < 1.29 is 13.2 Å².